The highest BCUT2D eigenvalue weighted by Gasteiger charge is 2.32. The first-order valence-electron chi connectivity index (χ1n) is 8.36. The first kappa shape index (κ1) is 18.3. The van der Waals surface area contributed by atoms with Crippen molar-refractivity contribution in [2.24, 2.45) is 0 Å². The molecule has 2 aromatic carbocycles. The van der Waals surface area contributed by atoms with Crippen molar-refractivity contribution in [3.8, 4) is 0 Å². The lowest BCUT2D eigenvalue weighted by atomic mass is 9.88. The smallest absolute Gasteiger partial charge is 0.289 e. The summed E-state index contributed by atoms with van der Waals surface area (Å²) in [6, 6.07) is 7.80. The molecule has 0 amide bonds. The third-order valence-corrected chi connectivity index (χ3v) is 6.55. The number of hydrogen-bond donors (Lipinski definition) is 2. The molecule has 0 spiro atoms. The number of hydrogen-bond acceptors (Lipinski definition) is 5. The van der Waals surface area contributed by atoms with Crippen LogP contribution in [0.25, 0.3) is 0 Å². The van der Waals surface area contributed by atoms with Gasteiger partial charge in [-0.2, -0.15) is 0 Å². The molecule has 0 radical (unpaired) electrons. The predicted octanol–water partition coefficient (Wildman–Crippen LogP) is 3.15. The number of nitrogens with one attached hydrogen (secondary N) is 1. The summed E-state index contributed by atoms with van der Waals surface area (Å²) in [4.78, 5) is 10.4. The summed E-state index contributed by atoms with van der Waals surface area (Å²) in [6.45, 7) is 3.32. The van der Waals surface area contributed by atoms with E-state index in [0.717, 1.165) is 24.0 Å². The number of anilines is 1. The summed E-state index contributed by atoms with van der Waals surface area (Å²) >= 11 is 0. The zero-order chi connectivity index (χ0) is 19.1. The topological polar surface area (TPSA) is 115 Å². The van der Waals surface area contributed by atoms with Gasteiger partial charge in [-0.05, 0) is 67.5 Å². The molecule has 1 aliphatic rings. The maximum absolute atomic E-state index is 13.0. The van der Waals surface area contributed by atoms with E-state index in [1.54, 1.807) is 26.0 Å². The Bertz CT molecular complexity index is 986. The Hall–Kier alpha value is -2.45. The number of nitro benzene ring substituents is 1. The minimum atomic E-state index is -4.06. The highest BCUT2D eigenvalue weighted by molar-refractivity contribution is 7.89. The number of nitrogens with two attached hydrogens (primary N) is 1. The molecule has 8 heteroatoms. The molecule has 0 fully saturated rings. The fourth-order valence-electron chi connectivity index (χ4n) is 3.46. The summed E-state index contributed by atoms with van der Waals surface area (Å²) in [5.74, 6) is 0. The quantitative estimate of drug-likeness (QED) is 0.484. The number of benzene rings is 2. The fraction of sp³-hybridized carbons (Fsp3) is 0.333. The zero-order valence-corrected chi connectivity index (χ0v) is 15.5. The number of fused-ring (bicyclic) bond motifs is 1. The van der Waals surface area contributed by atoms with Crippen LogP contribution in [0, 0.1) is 24.0 Å². The third kappa shape index (κ3) is 3.30. The first-order valence-corrected chi connectivity index (χ1v) is 9.84. The van der Waals surface area contributed by atoms with Crippen molar-refractivity contribution in [3.05, 3.63) is 62.7 Å². The lowest BCUT2D eigenvalue weighted by molar-refractivity contribution is -0.387. The molecule has 138 valence electrons. The molecule has 1 unspecified atom stereocenters. The lowest BCUT2D eigenvalue weighted by Gasteiger charge is -2.26. The molecule has 1 atom stereocenters. The maximum atomic E-state index is 13.0. The number of rotatable bonds is 4. The largest absolute Gasteiger partial charge is 0.399 e. The number of aryl methyl sites for hydroxylation is 2. The average molecular weight is 375 g/mol. The molecule has 0 bridgehead atoms. The van der Waals surface area contributed by atoms with Gasteiger partial charge in [-0.15, -0.1) is 0 Å². The number of nitrogen functional groups attached to an aromatic ring is 1. The molecule has 0 saturated heterocycles. The van der Waals surface area contributed by atoms with E-state index in [4.69, 9.17) is 5.73 Å². The molecule has 3 rings (SSSR count). The molecule has 0 aromatic heterocycles. The predicted molar refractivity (Wildman–Crippen MR) is 99.4 cm³/mol. The van der Waals surface area contributed by atoms with Crippen molar-refractivity contribution < 1.29 is 13.3 Å². The fourth-order valence-corrected chi connectivity index (χ4v) is 5.18. The average Bonchev–Trinajstić information content (AvgIpc) is 2.56. The van der Waals surface area contributed by atoms with E-state index < -0.39 is 26.7 Å². The molecular weight excluding hydrogens is 354 g/mol. The van der Waals surface area contributed by atoms with E-state index in [1.165, 1.54) is 6.07 Å². The molecule has 0 saturated carbocycles. The van der Waals surface area contributed by atoms with E-state index in [0.29, 0.717) is 23.2 Å². The second kappa shape index (κ2) is 6.69. The number of nitro groups is 1. The zero-order valence-electron chi connectivity index (χ0n) is 14.7. The van der Waals surface area contributed by atoms with Crippen molar-refractivity contribution in [1.29, 1.82) is 0 Å². The Labute approximate surface area is 152 Å². The summed E-state index contributed by atoms with van der Waals surface area (Å²) in [7, 11) is -4.06. The van der Waals surface area contributed by atoms with Gasteiger partial charge in [-0.3, -0.25) is 10.1 Å². The lowest BCUT2D eigenvalue weighted by Crippen LogP contribution is -2.32. The van der Waals surface area contributed by atoms with Crippen molar-refractivity contribution >= 4 is 21.4 Å². The Morgan fingerprint density at radius 1 is 1.23 bits per heavy atom. The Morgan fingerprint density at radius 2 is 1.96 bits per heavy atom. The standard InChI is InChI=1S/C18H21N3O4S/c1-11-6-9-17(21(22)23)18(12(11)2)26(24,25)20-16-5-3-4-13-10-14(19)7-8-15(13)16/h6-10,16,20H,3-5,19H2,1-2H3. The first-order chi connectivity index (χ1) is 12.2. The van der Waals surface area contributed by atoms with Crippen LogP contribution >= 0.6 is 0 Å². The van der Waals surface area contributed by atoms with Crippen LogP contribution in [-0.2, 0) is 16.4 Å². The van der Waals surface area contributed by atoms with Crippen LogP contribution in [0.1, 0.15) is 41.1 Å². The van der Waals surface area contributed by atoms with E-state index in [9.17, 15) is 18.5 Å². The van der Waals surface area contributed by atoms with Gasteiger partial charge in [0.15, 0.2) is 4.90 Å². The monoisotopic (exact) mass is 375 g/mol. The van der Waals surface area contributed by atoms with Crippen LogP contribution in [0.2, 0.25) is 0 Å². The van der Waals surface area contributed by atoms with Gasteiger partial charge in [0.1, 0.15) is 0 Å². The van der Waals surface area contributed by atoms with Gasteiger partial charge in [0.05, 0.1) is 4.92 Å². The van der Waals surface area contributed by atoms with Gasteiger partial charge in [0.25, 0.3) is 5.69 Å². The van der Waals surface area contributed by atoms with Crippen LogP contribution in [0.3, 0.4) is 0 Å². The van der Waals surface area contributed by atoms with Crippen LogP contribution in [0.15, 0.2) is 35.2 Å². The summed E-state index contributed by atoms with van der Waals surface area (Å²) in [5, 5.41) is 11.4. The third-order valence-electron chi connectivity index (χ3n) is 4.90. The molecule has 26 heavy (non-hydrogen) atoms. The molecule has 7 nitrogen and oxygen atoms in total. The van der Waals surface area contributed by atoms with Gasteiger partial charge in [-0.25, -0.2) is 13.1 Å². The molecule has 2 aromatic rings. The maximum Gasteiger partial charge on any atom is 0.289 e. The molecule has 0 aliphatic heterocycles. The van der Waals surface area contributed by atoms with Crippen molar-refractivity contribution in [1.82, 2.24) is 4.72 Å². The summed E-state index contributed by atoms with van der Waals surface area (Å²) < 4.78 is 28.7. The Kier molecular flexibility index (Phi) is 4.72. The highest BCUT2D eigenvalue weighted by Crippen LogP contribution is 2.35. The van der Waals surface area contributed by atoms with Gasteiger partial charge in [0.2, 0.25) is 10.0 Å². The Morgan fingerprint density at radius 3 is 2.65 bits per heavy atom. The van der Waals surface area contributed by atoms with Gasteiger partial charge < -0.3 is 5.73 Å². The normalized spacial score (nSPS) is 16.9. The van der Waals surface area contributed by atoms with Gasteiger partial charge in [0, 0.05) is 17.8 Å². The van der Waals surface area contributed by atoms with Crippen LogP contribution in [0.4, 0.5) is 11.4 Å². The van der Waals surface area contributed by atoms with Crippen LogP contribution in [-0.4, -0.2) is 13.3 Å². The second-order valence-electron chi connectivity index (χ2n) is 6.64. The van der Waals surface area contributed by atoms with E-state index >= 15 is 0 Å². The summed E-state index contributed by atoms with van der Waals surface area (Å²) in [5.41, 5.74) is 9.02. The Balaban J connectivity index is 2.05. The minimum absolute atomic E-state index is 0.259. The van der Waals surface area contributed by atoms with Gasteiger partial charge >= 0.3 is 0 Å². The highest BCUT2D eigenvalue weighted by atomic mass is 32.2. The minimum Gasteiger partial charge on any atom is -0.399 e. The SMILES string of the molecule is Cc1ccc([N+](=O)[O-])c(S(=O)(=O)NC2CCCc3cc(N)ccc32)c1C. The van der Waals surface area contributed by atoms with Crippen LogP contribution < -0.4 is 10.5 Å². The summed E-state index contributed by atoms with van der Waals surface area (Å²) in [6.07, 6.45) is 2.29. The van der Waals surface area contributed by atoms with Gasteiger partial charge in [-0.1, -0.05) is 12.1 Å². The number of sulfonamides is 1. The second-order valence-corrected chi connectivity index (χ2v) is 8.29. The van der Waals surface area contributed by atoms with E-state index in [-0.39, 0.29) is 4.90 Å². The van der Waals surface area contributed by atoms with E-state index in [1.807, 2.05) is 12.1 Å². The molecule has 3 N–H and O–H groups in total. The van der Waals surface area contributed by atoms with Crippen molar-refractivity contribution in [3.63, 3.8) is 0 Å². The molecular formula is C18H21N3O4S. The van der Waals surface area contributed by atoms with Crippen molar-refractivity contribution in [2.75, 3.05) is 5.73 Å². The molecule has 1 aliphatic carbocycles. The van der Waals surface area contributed by atoms with Crippen molar-refractivity contribution in [2.45, 2.75) is 44.0 Å². The van der Waals surface area contributed by atoms with Crippen LogP contribution in [0.5, 0.6) is 0 Å². The number of nitrogens with zero attached hydrogens (tertiary/aromatic N) is 1. The van der Waals surface area contributed by atoms with E-state index in [2.05, 4.69) is 4.72 Å². The molecule has 0 heterocycles.